The summed E-state index contributed by atoms with van der Waals surface area (Å²) in [7, 11) is 2.95. The predicted molar refractivity (Wildman–Crippen MR) is 105 cm³/mol. The molecule has 0 fully saturated rings. The Kier molecular flexibility index (Phi) is 6.92. The molecule has 0 aromatic heterocycles. The third-order valence-electron chi connectivity index (χ3n) is 4.05. The number of nitrogens with zero attached hydrogens (tertiary/aromatic N) is 3. The third kappa shape index (κ3) is 5.27. The molecule has 27 heavy (non-hydrogen) atoms. The molecule has 0 aliphatic carbocycles. The SMILES string of the molecule is CN=C(NCc1ccccc1S(=O)(=O)N(C)C)N(C)Cc1cccc(F)c1. The molecule has 2 aromatic rings. The summed E-state index contributed by atoms with van der Waals surface area (Å²) in [6.45, 7) is 0.762. The van der Waals surface area contributed by atoms with Crippen molar-refractivity contribution in [2.75, 3.05) is 28.2 Å². The minimum Gasteiger partial charge on any atom is -0.352 e. The second-order valence-electron chi connectivity index (χ2n) is 6.28. The highest BCUT2D eigenvalue weighted by molar-refractivity contribution is 7.89. The van der Waals surface area contributed by atoms with Gasteiger partial charge in [0.15, 0.2) is 5.96 Å². The maximum atomic E-state index is 13.4. The van der Waals surface area contributed by atoms with Crippen LogP contribution in [0.25, 0.3) is 0 Å². The molecule has 2 aromatic carbocycles. The number of hydrogen-bond donors (Lipinski definition) is 1. The minimum atomic E-state index is -3.54. The van der Waals surface area contributed by atoms with Crippen LogP contribution >= 0.6 is 0 Å². The smallest absolute Gasteiger partial charge is 0.242 e. The van der Waals surface area contributed by atoms with Crippen LogP contribution in [0.15, 0.2) is 58.4 Å². The van der Waals surface area contributed by atoms with E-state index in [-0.39, 0.29) is 10.7 Å². The Balaban J connectivity index is 2.13. The summed E-state index contributed by atoms with van der Waals surface area (Å²) in [6.07, 6.45) is 0. The van der Waals surface area contributed by atoms with Gasteiger partial charge >= 0.3 is 0 Å². The minimum absolute atomic E-state index is 0.255. The van der Waals surface area contributed by atoms with E-state index in [4.69, 9.17) is 0 Å². The maximum Gasteiger partial charge on any atom is 0.242 e. The Morgan fingerprint density at radius 1 is 1.11 bits per heavy atom. The summed E-state index contributed by atoms with van der Waals surface area (Å²) < 4.78 is 39.5. The van der Waals surface area contributed by atoms with E-state index in [0.29, 0.717) is 24.6 Å². The quantitative estimate of drug-likeness (QED) is 0.605. The molecule has 2 rings (SSSR count). The molecular formula is C19H25FN4O2S. The molecule has 0 heterocycles. The number of nitrogens with one attached hydrogen (secondary N) is 1. The first-order valence-corrected chi connectivity index (χ1v) is 9.86. The fourth-order valence-corrected chi connectivity index (χ4v) is 3.76. The Bertz CT molecular complexity index is 913. The lowest BCUT2D eigenvalue weighted by Gasteiger charge is -2.23. The van der Waals surface area contributed by atoms with Gasteiger partial charge in [-0.05, 0) is 29.3 Å². The van der Waals surface area contributed by atoms with E-state index in [2.05, 4.69) is 10.3 Å². The molecule has 0 atom stereocenters. The van der Waals surface area contributed by atoms with Crippen LogP contribution in [-0.2, 0) is 23.1 Å². The van der Waals surface area contributed by atoms with Gasteiger partial charge in [-0.3, -0.25) is 4.99 Å². The van der Waals surface area contributed by atoms with Gasteiger partial charge in [0.05, 0.1) is 4.90 Å². The van der Waals surface area contributed by atoms with Crippen molar-refractivity contribution in [1.82, 2.24) is 14.5 Å². The Morgan fingerprint density at radius 3 is 2.44 bits per heavy atom. The monoisotopic (exact) mass is 392 g/mol. The number of sulfonamides is 1. The summed E-state index contributed by atoms with van der Waals surface area (Å²) in [4.78, 5) is 6.33. The van der Waals surface area contributed by atoms with Crippen LogP contribution in [0, 0.1) is 5.82 Å². The zero-order valence-electron chi connectivity index (χ0n) is 16.0. The molecule has 1 N–H and O–H groups in total. The van der Waals surface area contributed by atoms with Crippen LogP contribution in [0.3, 0.4) is 0 Å². The number of halogens is 1. The second kappa shape index (κ2) is 8.96. The van der Waals surface area contributed by atoms with E-state index < -0.39 is 10.0 Å². The molecule has 0 bridgehead atoms. The molecule has 0 aliphatic rings. The Labute approximate surface area is 160 Å². The van der Waals surface area contributed by atoms with Crippen LogP contribution < -0.4 is 5.32 Å². The fraction of sp³-hybridized carbons (Fsp3) is 0.316. The molecule has 0 spiro atoms. The van der Waals surface area contributed by atoms with Crippen LogP contribution in [0.4, 0.5) is 4.39 Å². The number of hydrogen-bond acceptors (Lipinski definition) is 3. The van der Waals surface area contributed by atoms with Gasteiger partial charge in [-0.25, -0.2) is 17.1 Å². The zero-order chi connectivity index (χ0) is 20.0. The highest BCUT2D eigenvalue weighted by atomic mass is 32.2. The molecule has 0 radical (unpaired) electrons. The van der Waals surface area contributed by atoms with Gasteiger partial charge in [0.1, 0.15) is 5.82 Å². The highest BCUT2D eigenvalue weighted by Gasteiger charge is 2.20. The summed E-state index contributed by atoms with van der Waals surface area (Å²) in [5.74, 6) is 0.294. The molecule has 6 nitrogen and oxygen atoms in total. The molecule has 0 unspecified atom stereocenters. The van der Waals surface area contributed by atoms with Crippen LogP contribution in [-0.4, -0.2) is 51.8 Å². The molecule has 0 aliphatic heterocycles. The van der Waals surface area contributed by atoms with Crippen molar-refractivity contribution in [3.05, 3.63) is 65.5 Å². The first-order chi connectivity index (χ1) is 12.8. The van der Waals surface area contributed by atoms with Crippen LogP contribution in [0.5, 0.6) is 0 Å². The molecular weight excluding hydrogens is 367 g/mol. The number of rotatable bonds is 6. The highest BCUT2D eigenvalue weighted by Crippen LogP contribution is 2.18. The van der Waals surface area contributed by atoms with Crippen molar-refractivity contribution in [1.29, 1.82) is 0 Å². The van der Waals surface area contributed by atoms with Crippen molar-refractivity contribution in [3.63, 3.8) is 0 Å². The van der Waals surface area contributed by atoms with Crippen molar-refractivity contribution >= 4 is 16.0 Å². The topological polar surface area (TPSA) is 65.0 Å². The van der Waals surface area contributed by atoms with Gasteiger partial charge in [-0.1, -0.05) is 30.3 Å². The number of aliphatic imine (C=N–C) groups is 1. The number of benzene rings is 2. The first-order valence-electron chi connectivity index (χ1n) is 8.42. The van der Waals surface area contributed by atoms with E-state index in [0.717, 1.165) is 5.56 Å². The van der Waals surface area contributed by atoms with Gasteiger partial charge in [0, 0.05) is 41.3 Å². The lowest BCUT2D eigenvalue weighted by atomic mass is 10.2. The van der Waals surface area contributed by atoms with Crippen LogP contribution in [0.1, 0.15) is 11.1 Å². The molecule has 0 saturated heterocycles. The average molecular weight is 393 g/mol. The van der Waals surface area contributed by atoms with Crippen LogP contribution in [0.2, 0.25) is 0 Å². The van der Waals surface area contributed by atoms with Crippen molar-refractivity contribution in [3.8, 4) is 0 Å². The van der Waals surface area contributed by atoms with Gasteiger partial charge < -0.3 is 10.2 Å². The van der Waals surface area contributed by atoms with Gasteiger partial charge in [0.25, 0.3) is 0 Å². The van der Waals surface area contributed by atoms with E-state index in [1.165, 1.54) is 30.5 Å². The fourth-order valence-electron chi connectivity index (χ4n) is 2.64. The predicted octanol–water partition coefficient (Wildman–Crippen LogP) is 2.28. The standard InChI is InChI=1S/C19H25FN4O2S/c1-21-19(24(4)14-15-8-7-10-17(20)12-15)22-13-16-9-5-6-11-18(16)27(25,26)23(2)3/h5-12H,13-14H2,1-4H3,(H,21,22). The van der Waals surface area contributed by atoms with Crippen molar-refractivity contribution in [2.45, 2.75) is 18.0 Å². The lowest BCUT2D eigenvalue weighted by molar-refractivity contribution is 0.474. The molecule has 8 heteroatoms. The zero-order valence-corrected chi connectivity index (χ0v) is 16.8. The van der Waals surface area contributed by atoms with E-state index in [1.54, 1.807) is 37.4 Å². The maximum absolute atomic E-state index is 13.4. The number of guanidine groups is 1. The second-order valence-corrected chi connectivity index (χ2v) is 8.40. The molecule has 146 valence electrons. The normalized spacial score (nSPS) is 12.3. The van der Waals surface area contributed by atoms with Gasteiger partial charge in [0.2, 0.25) is 10.0 Å². The summed E-state index contributed by atoms with van der Waals surface area (Å²) in [6, 6.07) is 13.2. The third-order valence-corrected chi connectivity index (χ3v) is 5.97. The van der Waals surface area contributed by atoms with Gasteiger partial charge in [-0.2, -0.15) is 0 Å². The summed E-state index contributed by atoms with van der Waals surface area (Å²) in [5.41, 5.74) is 1.46. The largest absolute Gasteiger partial charge is 0.352 e. The Hall–Kier alpha value is -2.45. The van der Waals surface area contributed by atoms with E-state index in [1.807, 2.05) is 18.0 Å². The molecule has 0 saturated carbocycles. The Morgan fingerprint density at radius 2 is 1.81 bits per heavy atom. The van der Waals surface area contributed by atoms with Gasteiger partial charge in [-0.15, -0.1) is 0 Å². The molecule has 0 amide bonds. The van der Waals surface area contributed by atoms with Crippen molar-refractivity contribution < 1.29 is 12.8 Å². The first kappa shape index (κ1) is 20.9. The summed E-state index contributed by atoms with van der Waals surface area (Å²) >= 11 is 0. The van der Waals surface area contributed by atoms with Crippen molar-refractivity contribution in [2.24, 2.45) is 4.99 Å². The van der Waals surface area contributed by atoms with E-state index in [9.17, 15) is 12.8 Å². The lowest BCUT2D eigenvalue weighted by Crippen LogP contribution is -2.38. The summed E-state index contributed by atoms with van der Waals surface area (Å²) in [5, 5.41) is 3.17. The average Bonchev–Trinajstić information content (AvgIpc) is 2.62. The van der Waals surface area contributed by atoms with E-state index >= 15 is 0 Å².